The van der Waals surface area contributed by atoms with Crippen LogP contribution in [0.15, 0.2) is 28.8 Å². The molecule has 0 radical (unpaired) electrons. The third-order valence-electron chi connectivity index (χ3n) is 4.57. The Morgan fingerprint density at radius 3 is 2.88 bits per heavy atom. The lowest BCUT2D eigenvalue weighted by Gasteiger charge is -2.26. The lowest BCUT2D eigenvalue weighted by Crippen LogP contribution is -2.33. The summed E-state index contributed by atoms with van der Waals surface area (Å²) >= 11 is 6.05. The minimum Gasteiger partial charge on any atom is -0.360 e. The zero-order valence-electron chi connectivity index (χ0n) is 14.6. The summed E-state index contributed by atoms with van der Waals surface area (Å²) in [6.45, 7) is 5.79. The van der Waals surface area contributed by atoms with Gasteiger partial charge >= 0.3 is 0 Å². The summed E-state index contributed by atoms with van der Waals surface area (Å²) in [6.07, 6.45) is 4.86. The Morgan fingerprint density at radius 1 is 1.32 bits per heavy atom. The van der Waals surface area contributed by atoms with Crippen molar-refractivity contribution in [2.75, 3.05) is 26.2 Å². The maximum absolute atomic E-state index is 12.6. The van der Waals surface area contributed by atoms with E-state index in [-0.39, 0.29) is 5.91 Å². The highest BCUT2D eigenvalue weighted by Gasteiger charge is 2.21. The third-order valence-corrected chi connectivity index (χ3v) is 4.81. The van der Waals surface area contributed by atoms with Gasteiger partial charge in [-0.05, 0) is 58.0 Å². The van der Waals surface area contributed by atoms with Crippen molar-refractivity contribution in [1.82, 2.24) is 15.4 Å². The fourth-order valence-corrected chi connectivity index (χ4v) is 3.44. The van der Waals surface area contributed by atoms with Crippen LogP contribution >= 0.6 is 11.6 Å². The van der Waals surface area contributed by atoms with Crippen LogP contribution in [0.3, 0.4) is 0 Å². The van der Waals surface area contributed by atoms with Gasteiger partial charge in [-0.15, -0.1) is 0 Å². The first kappa shape index (κ1) is 18.0. The second kappa shape index (κ2) is 8.50. The highest BCUT2D eigenvalue weighted by Crippen LogP contribution is 2.27. The monoisotopic (exact) mass is 361 g/mol. The van der Waals surface area contributed by atoms with Crippen LogP contribution in [0, 0.1) is 6.92 Å². The molecule has 25 heavy (non-hydrogen) atoms. The maximum atomic E-state index is 12.6. The molecule has 0 aliphatic carbocycles. The molecule has 1 aliphatic heterocycles. The van der Waals surface area contributed by atoms with Crippen LogP contribution in [0.2, 0.25) is 5.02 Å². The largest absolute Gasteiger partial charge is 0.360 e. The number of nitrogens with one attached hydrogen (secondary N) is 1. The van der Waals surface area contributed by atoms with Gasteiger partial charge in [0.2, 0.25) is 0 Å². The summed E-state index contributed by atoms with van der Waals surface area (Å²) in [5, 5.41) is 7.64. The second-order valence-electron chi connectivity index (χ2n) is 6.48. The standard InChI is InChI=1S/C19H24ClN3O2/c1-14-17(18(22-25-14)15-7-5-8-16(20)13-15)19(24)21-9-6-12-23-10-3-2-4-11-23/h5,7-8,13H,2-4,6,9-12H2,1H3,(H,21,24). The van der Waals surface area contributed by atoms with Gasteiger partial charge in [0.05, 0.1) is 0 Å². The number of nitrogens with zero attached hydrogens (tertiary/aromatic N) is 2. The fraction of sp³-hybridized carbons (Fsp3) is 0.474. The van der Waals surface area contributed by atoms with Crippen molar-refractivity contribution in [3.63, 3.8) is 0 Å². The molecule has 1 fully saturated rings. The second-order valence-corrected chi connectivity index (χ2v) is 6.92. The maximum Gasteiger partial charge on any atom is 0.257 e. The number of piperidine rings is 1. The fourth-order valence-electron chi connectivity index (χ4n) is 3.25. The smallest absolute Gasteiger partial charge is 0.257 e. The van der Waals surface area contributed by atoms with E-state index in [2.05, 4.69) is 15.4 Å². The molecule has 1 aromatic heterocycles. The number of halogens is 1. The molecule has 0 spiro atoms. The van der Waals surface area contributed by atoms with E-state index >= 15 is 0 Å². The normalized spacial score (nSPS) is 15.3. The van der Waals surface area contributed by atoms with Gasteiger partial charge < -0.3 is 14.7 Å². The van der Waals surface area contributed by atoms with E-state index in [4.69, 9.17) is 16.1 Å². The van der Waals surface area contributed by atoms with Gasteiger partial charge in [0, 0.05) is 17.1 Å². The Bertz CT molecular complexity index is 723. The lowest BCUT2D eigenvalue weighted by molar-refractivity contribution is 0.0950. The summed E-state index contributed by atoms with van der Waals surface area (Å²) in [5.74, 6) is 0.371. The van der Waals surface area contributed by atoms with Crippen molar-refractivity contribution in [2.45, 2.75) is 32.6 Å². The molecule has 0 atom stereocenters. The summed E-state index contributed by atoms with van der Waals surface area (Å²) < 4.78 is 5.25. The Labute approximate surface area is 153 Å². The van der Waals surface area contributed by atoms with Crippen molar-refractivity contribution in [3.05, 3.63) is 40.6 Å². The average molecular weight is 362 g/mol. The minimum atomic E-state index is -0.146. The molecule has 1 aromatic carbocycles. The number of carbonyl (C=O) groups is 1. The van der Waals surface area contributed by atoms with E-state index in [0.717, 1.165) is 18.5 Å². The molecule has 3 rings (SSSR count). The molecule has 6 heteroatoms. The zero-order chi connectivity index (χ0) is 17.6. The molecular formula is C19H24ClN3O2. The van der Waals surface area contributed by atoms with Crippen LogP contribution in [0.5, 0.6) is 0 Å². The number of hydrogen-bond donors (Lipinski definition) is 1. The molecule has 2 aromatic rings. The van der Waals surface area contributed by atoms with Crippen LogP contribution in [-0.2, 0) is 0 Å². The average Bonchev–Trinajstić information content (AvgIpc) is 3.01. The number of rotatable bonds is 6. The van der Waals surface area contributed by atoms with Crippen LogP contribution in [0.4, 0.5) is 0 Å². The third kappa shape index (κ3) is 4.61. The Kier molecular flexibility index (Phi) is 6.10. The molecule has 1 N–H and O–H groups in total. The van der Waals surface area contributed by atoms with E-state index in [9.17, 15) is 4.79 Å². The Hall–Kier alpha value is -1.85. The van der Waals surface area contributed by atoms with E-state index in [1.54, 1.807) is 19.1 Å². The highest BCUT2D eigenvalue weighted by molar-refractivity contribution is 6.30. The number of carbonyl (C=O) groups excluding carboxylic acids is 1. The SMILES string of the molecule is Cc1onc(-c2cccc(Cl)c2)c1C(=O)NCCCN1CCCCC1. The van der Waals surface area contributed by atoms with Gasteiger partial charge in [-0.25, -0.2) is 0 Å². The molecule has 0 unspecified atom stereocenters. The van der Waals surface area contributed by atoms with Crippen LogP contribution in [0.25, 0.3) is 11.3 Å². The van der Waals surface area contributed by atoms with Gasteiger partial charge in [-0.2, -0.15) is 0 Å². The molecule has 1 amide bonds. The summed E-state index contributed by atoms with van der Waals surface area (Å²) in [4.78, 5) is 15.1. The van der Waals surface area contributed by atoms with Gasteiger partial charge in [-0.3, -0.25) is 4.79 Å². The number of hydrogen-bond acceptors (Lipinski definition) is 4. The Balaban J connectivity index is 1.59. The van der Waals surface area contributed by atoms with Crippen LogP contribution < -0.4 is 5.32 Å². The van der Waals surface area contributed by atoms with Crippen molar-refractivity contribution in [1.29, 1.82) is 0 Å². The first-order valence-corrected chi connectivity index (χ1v) is 9.25. The summed E-state index contributed by atoms with van der Waals surface area (Å²) in [7, 11) is 0. The minimum absolute atomic E-state index is 0.146. The van der Waals surface area contributed by atoms with Crippen LogP contribution in [-0.4, -0.2) is 42.1 Å². The molecule has 5 nitrogen and oxygen atoms in total. The molecule has 0 saturated carbocycles. The molecule has 1 saturated heterocycles. The van der Waals surface area contributed by atoms with E-state index in [1.165, 1.54) is 32.4 Å². The van der Waals surface area contributed by atoms with Crippen molar-refractivity contribution in [2.24, 2.45) is 0 Å². The van der Waals surface area contributed by atoms with Gasteiger partial charge in [-0.1, -0.05) is 35.3 Å². The molecule has 1 aliphatic rings. The zero-order valence-corrected chi connectivity index (χ0v) is 15.3. The molecule has 134 valence electrons. The highest BCUT2D eigenvalue weighted by atomic mass is 35.5. The topological polar surface area (TPSA) is 58.4 Å². The molecule has 2 heterocycles. The Morgan fingerprint density at radius 2 is 2.12 bits per heavy atom. The van der Waals surface area contributed by atoms with Gasteiger partial charge in [0.25, 0.3) is 5.91 Å². The molecular weight excluding hydrogens is 338 g/mol. The van der Waals surface area contributed by atoms with Gasteiger partial charge in [0.1, 0.15) is 17.0 Å². The number of benzene rings is 1. The van der Waals surface area contributed by atoms with E-state index in [0.29, 0.717) is 28.6 Å². The molecule has 0 bridgehead atoms. The van der Waals surface area contributed by atoms with E-state index in [1.807, 2.05) is 12.1 Å². The number of likely N-dealkylation sites (tertiary alicyclic amines) is 1. The predicted octanol–water partition coefficient (Wildman–Crippen LogP) is 3.91. The lowest BCUT2D eigenvalue weighted by atomic mass is 10.1. The van der Waals surface area contributed by atoms with Gasteiger partial charge in [0.15, 0.2) is 0 Å². The van der Waals surface area contributed by atoms with Crippen molar-refractivity contribution >= 4 is 17.5 Å². The van der Waals surface area contributed by atoms with Crippen LogP contribution in [0.1, 0.15) is 41.8 Å². The first-order chi connectivity index (χ1) is 12.1. The first-order valence-electron chi connectivity index (χ1n) is 8.88. The summed E-state index contributed by atoms with van der Waals surface area (Å²) in [6, 6.07) is 7.28. The number of aromatic nitrogens is 1. The summed E-state index contributed by atoms with van der Waals surface area (Å²) in [5.41, 5.74) is 1.80. The van der Waals surface area contributed by atoms with E-state index < -0.39 is 0 Å². The number of aryl methyl sites for hydroxylation is 1. The van der Waals surface area contributed by atoms with Crippen molar-refractivity contribution in [3.8, 4) is 11.3 Å². The predicted molar refractivity (Wildman–Crippen MR) is 98.9 cm³/mol. The quantitative estimate of drug-likeness (QED) is 0.792. The number of amides is 1. The van der Waals surface area contributed by atoms with Crippen molar-refractivity contribution < 1.29 is 9.32 Å².